The number of rotatable bonds is 4. The molecule has 2 aliphatic heterocycles. The van der Waals surface area contributed by atoms with Crippen molar-refractivity contribution < 1.29 is 39.4 Å². The van der Waals surface area contributed by atoms with Crippen LogP contribution in [0.1, 0.15) is 20.3 Å². The number of hydrogen-bond donors (Lipinski definition) is 4. The Hall–Kier alpha value is -0.770. The number of ether oxygens (including phenoxy) is 3. The van der Waals surface area contributed by atoms with Crippen molar-refractivity contribution >= 4 is 5.97 Å². The van der Waals surface area contributed by atoms with E-state index in [0.29, 0.717) is 6.42 Å². The monoisotopic (exact) mass is 306 g/mol. The van der Waals surface area contributed by atoms with Crippen molar-refractivity contribution in [1.82, 2.24) is 0 Å². The summed E-state index contributed by atoms with van der Waals surface area (Å²) in [7, 11) is 0. The molecule has 8 nitrogen and oxygen atoms in total. The normalized spacial score (nSPS) is 47.4. The predicted molar refractivity (Wildman–Crippen MR) is 68.0 cm³/mol. The smallest absolute Gasteiger partial charge is 0.336 e. The lowest BCUT2D eigenvalue weighted by atomic mass is 9.84. The molecule has 0 aliphatic carbocycles. The van der Waals surface area contributed by atoms with E-state index in [1.165, 1.54) is 0 Å². The van der Waals surface area contributed by atoms with Crippen molar-refractivity contribution in [2.45, 2.75) is 57.1 Å². The zero-order chi connectivity index (χ0) is 15.8. The molecule has 4 N–H and O–H groups in total. The Kier molecular flexibility index (Phi) is 4.86. The van der Waals surface area contributed by atoms with Gasteiger partial charge >= 0.3 is 5.97 Å². The Morgan fingerprint density at radius 3 is 2.52 bits per heavy atom. The second kappa shape index (κ2) is 6.15. The van der Waals surface area contributed by atoms with Crippen molar-refractivity contribution in [2.24, 2.45) is 5.41 Å². The van der Waals surface area contributed by atoms with Crippen LogP contribution in [0.2, 0.25) is 0 Å². The fraction of sp³-hybridized carbons (Fsp3) is 0.923. The molecule has 0 bridgehead atoms. The number of hydrogen-bond acceptors (Lipinski definition) is 8. The topological polar surface area (TPSA) is 126 Å². The molecule has 0 radical (unpaired) electrons. The highest BCUT2D eigenvalue weighted by Gasteiger charge is 2.51. The molecule has 2 fully saturated rings. The minimum absolute atomic E-state index is 0.199. The Bertz CT molecular complexity index is 386. The van der Waals surface area contributed by atoms with E-state index in [4.69, 9.17) is 19.3 Å². The SMILES string of the molecule is CCC1(C)COC(=O)C1OC1O[C@@H](CO)[C@@H](O)[C@@H](O)[C@@H]1O. The van der Waals surface area contributed by atoms with Crippen molar-refractivity contribution in [2.75, 3.05) is 13.2 Å². The van der Waals surface area contributed by atoms with Crippen LogP contribution in [0.15, 0.2) is 0 Å². The molecule has 7 atom stereocenters. The van der Waals surface area contributed by atoms with Crippen molar-refractivity contribution in [3.8, 4) is 0 Å². The summed E-state index contributed by atoms with van der Waals surface area (Å²) >= 11 is 0. The van der Waals surface area contributed by atoms with E-state index in [1.54, 1.807) is 0 Å². The molecule has 8 heteroatoms. The molecular formula is C13H22O8. The van der Waals surface area contributed by atoms with Gasteiger partial charge in [-0.2, -0.15) is 0 Å². The zero-order valence-corrected chi connectivity index (χ0v) is 12.0. The predicted octanol–water partition coefficient (Wildman–Crippen LogP) is -1.86. The van der Waals surface area contributed by atoms with Gasteiger partial charge in [0.2, 0.25) is 0 Å². The average Bonchev–Trinajstić information content (AvgIpc) is 2.76. The lowest BCUT2D eigenvalue weighted by molar-refractivity contribution is -0.313. The van der Waals surface area contributed by atoms with Gasteiger partial charge in [0.05, 0.1) is 13.2 Å². The van der Waals surface area contributed by atoms with Crippen LogP contribution in [-0.2, 0) is 19.0 Å². The highest BCUT2D eigenvalue weighted by molar-refractivity contribution is 5.78. The van der Waals surface area contributed by atoms with Crippen LogP contribution in [0.4, 0.5) is 0 Å². The Labute approximate surface area is 122 Å². The Balaban J connectivity index is 2.12. The standard InChI is InChI=1S/C13H22O8/c1-3-13(2)5-19-11(18)10(13)21-12-9(17)8(16)7(15)6(4-14)20-12/h6-10,12,14-17H,3-5H2,1-2H3/t6-,7+,8+,9-,10?,12?,13?/m0/s1. The first-order chi connectivity index (χ1) is 9.84. The largest absolute Gasteiger partial charge is 0.463 e. The summed E-state index contributed by atoms with van der Waals surface area (Å²) in [6, 6.07) is 0. The number of cyclic esters (lactones) is 1. The number of carbonyl (C=O) groups excluding carboxylic acids is 1. The summed E-state index contributed by atoms with van der Waals surface area (Å²) in [6.45, 7) is 3.34. The van der Waals surface area contributed by atoms with Gasteiger partial charge in [-0.25, -0.2) is 4.79 Å². The second-order valence-electron chi connectivity index (χ2n) is 5.83. The van der Waals surface area contributed by atoms with Crippen LogP contribution in [-0.4, -0.2) is 76.4 Å². The van der Waals surface area contributed by atoms with Crippen LogP contribution in [0.3, 0.4) is 0 Å². The maximum atomic E-state index is 11.8. The molecule has 0 saturated carbocycles. The molecule has 2 rings (SSSR count). The van der Waals surface area contributed by atoms with Crippen LogP contribution in [0.5, 0.6) is 0 Å². The summed E-state index contributed by atoms with van der Waals surface area (Å²) in [5.41, 5.74) is -0.560. The summed E-state index contributed by atoms with van der Waals surface area (Å²) in [5, 5.41) is 38.4. The van der Waals surface area contributed by atoms with Crippen LogP contribution < -0.4 is 0 Å². The maximum absolute atomic E-state index is 11.8. The van der Waals surface area contributed by atoms with Gasteiger partial charge < -0.3 is 34.6 Å². The molecule has 21 heavy (non-hydrogen) atoms. The van der Waals surface area contributed by atoms with E-state index in [0.717, 1.165) is 0 Å². The number of esters is 1. The molecule has 0 aromatic heterocycles. The van der Waals surface area contributed by atoms with E-state index in [1.807, 2.05) is 13.8 Å². The molecule has 0 aromatic carbocycles. The summed E-state index contributed by atoms with van der Waals surface area (Å²) < 4.78 is 15.7. The molecule has 2 heterocycles. The molecule has 2 saturated heterocycles. The first-order valence-corrected chi connectivity index (χ1v) is 6.96. The van der Waals surface area contributed by atoms with E-state index >= 15 is 0 Å². The van der Waals surface area contributed by atoms with Gasteiger partial charge in [-0.1, -0.05) is 13.8 Å². The van der Waals surface area contributed by atoms with Crippen molar-refractivity contribution in [3.05, 3.63) is 0 Å². The summed E-state index contributed by atoms with van der Waals surface area (Å²) in [6.07, 6.45) is -7.26. The van der Waals surface area contributed by atoms with E-state index in [2.05, 4.69) is 0 Å². The third-order valence-electron chi connectivity index (χ3n) is 4.32. The third kappa shape index (κ3) is 2.92. The minimum atomic E-state index is -1.54. The molecule has 0 spiro atoms. The molecular weight excluding hydrogens is 284 g/mol. The molecule has 3 unspecified atom stereocenters. The number of aliphatic hydroxyl groups excluding tert-OH is 4. The molecule has 122 valence electrons. The quantitative estimate of drug-likeness (QED) is 0.446. The van der Waals surface area contributed by atoms with Crippen molar-refractivity contribution in [3.63, 3.8) is 0 Å². The molecule has 0 amide bonds. The highest BCUT2D eigenvalue weighted by atomic mass is 16.7. The van der Waals surface area contributed by atoms with Gasteiger partial charge in [0.15, 0.2) is 12.4 Å². The molecule has 0 aromatic rings. The van der Waals surface area contributed by atoms with Crippen LogP contribution in [0, 0.1) is 5.41 Å². The molecule has 2 aliphatic rings. The maximum Gasteiger partial charge on any atom is 0.336 e. The van der Waals surface area contributed by atoms with Gasteiger partial charge in [-0.3, -0.25) is 0 Å². The number of aliphatic hydroxyl groups is 4. The van der Waals surface area contributed by atoms with E-state index in [-0.39, 0.29) is 6.61 Å². The second-order valence-corrected chi connectivity index (χ2v) is 5.83. The van der Waals surface area contributed by atoms with Crippen molar-refractivity contribution in [1.29, 1.82) is 0 Å². The zero-order valence-electron chi connectivity index (χ0n) is 12.0. The van der Waals surface area contributed by atoms with Gasteiger partial charge in [-0.05, 0) is 6.42 Å². The minimum Gasteiger partial charge on any atom is -0.463 e. The summed E-state index contributed by atoms with van der Waals surface area (Å²) in [4.78, 5) is 11.8. The average molecular weight is 306 g/mol. The number of carbonyl (C=O) groups is 1. The Morgan fingerprint density at radius 2 is 1.95 bits per heavy atom. The van der Waals surface area contributed by atoms with Crippen LogP contribution in [0.25, 0.3) is 0 Å². The fourth-order valence-electron chi connectivity index (χ4n) is 2.49. The summed E-state index contributed by atoms with van der Waals surface area (Å²) in [5.74, 6) is -0.559. The third-order valence-corrected chi connectivity index (χ3v) is 4.32. The highest BCUT2D eigenvalue weighted by Crippen LogP contribution is 2.37. The lowest BCUT2D eigenvalue weighted by Gasteiger charge is -2.41. The van der Waals surface area contributed by atoms with Gasteiger partial charge in [-0.15, -0.1) is 0 Å². The van der Waals surface area contributed by atoms with E-state index < -0.39 is 54.8 Å². The first-order valence-electron chi connectivity index (χ1n) is 6.96. The van der Waals surface area contributed by atoms with Gasteiger partial charge in [0, 0.05) is 5.41 Å². The van der Waals surface area contributed by atoms with Gasteiger partial charge in [0.25, 0.3) is 0 Å². The van der Waals surface area contributed by atoms with Gasteiger partial charge in [0.1, 0.15) is 24.4 Å². The lowest BCUT2D eigenvalue weighted by Crippen LogP contribution is -2.60. The van der Waals surface area contributed by atoms with E-state index in [9.17, 15) is 20.1 Å². The van der Waals surface area contributed by atoms with Crippen LogP contribution >= 0.6 is 0 Å². The fourth-order valence-corrected chi connectivity index (χ4v) is 2.49. The Morgan fingerprint density at radius 1 is 1.29 bits per heavy atom. The first kappa shape index (κ1) is 16.6.